The molecule has 0 bridgehead atoms. The molecule has 90 valence electrons. The van der Waals surface area contributed by atoms with Crippen molar-refractivity contribution in [2.75, 3.05) is 0 Å². The Hall–Kier alpha value is -2.06. The Balaban J connectivity index is 2.75. The number of halogens is 1. The summed E-state index contributed by atoms with van der Waals surface area (Å²) in [6.07, 6.45) is 0. The zero-order valence-corrected chi connectivity index (χ0v) is 11.1. The van der Waals surface area contributed by atoms with Crippen LogP contribution in [-0.2, 0) is 0 Å². The molecule has 2 N–H and O–H groups in total. The van der Waals surface area contributed by atoms with Gasteiger partial charge in [0.05, 0.1) is 4.47 Å². The van der Waals surface area contributed by atoms with Crippen LogP contribution in [-0.4, -0.2) is 10.1 Å². The fraction of sp³-hybridized carbons (Fsp3) is 0.0769. The lowest BCUT2D eigenvalue weighted by Crippen LogP contribution is -2.12. The van der Waals surface area contributed by atoms with Gasteiger partial charge in [-0.25, -0.2) is 0 Å². The number of nitrogens with zero attached hydrogens (tertiary/aromatic N) is 1. The van der Waals surface area contributed by atoms with E-state index in [-0.39, 0.29) is 11.3 Å². The van der Waals surface area contributed by atoms with E-state index >= 15 is 0 Å². The van der Waals surface area contributed by atoms with E-state index in [0.717, 1.165) is 0 Å². The lowest BCUT2D eigenvalue weighted by atomic mass is 10.0. The average molecular weight is 305 g/mol. The highest BCUT2D eigenvalue weighted by Gasteiger charge is 2.11. The van der Waals surface area contributed by atoms with Gasteiger partial charge in [0.1, 0.15) is 17.4 Å². The number of hydrogen-bond donors (Lipinski definition) is 2. The second kappa shape index (κ2) is 4.67. The Labute approximate surface area is 112 Å². The molecule has 18 heavy (non-hydrogen) atoms. The summed E-state index contributed by atoms with van der Waals surface area (Å²) in [5.74, 6) is 0.110. The Kier molecular flexibility index (Phi) is 3.21. The van der Waals surface area contributed by atoms with Crippen LogP contribution in [0, 0.1) is 18.3 Å². The summed E-state index contributed by atoms with van der Waals surface area (Å²) in [5, 5.41) is 18.5. The van der Waals surface area contributed by atoms with Gasteiger partial charge in [-0.3, -0.25) is 4.79 Å². The average Bonchev–Trinajstić information content (AvgIpc) is 2.32. The largest absolute Gasteiger partial charge is 0.507 e. The molecular formula is C13H9BrN2O2. The second-order valence-electron chi connectivity index (χ2n) is 3.85. The number of nitriles is 1. The molecule has 0 unspecified atom stereocenters. The number of aryl methyl sites for hydroxylation is 1. The van der Waals surface area contributed by atoms with Crippen molar-refractivity contribution in [3.8, 4) is 22.9 Å². The summed E-state index contributed by atoms with van der Waals surface area (Å²) in [6.45, 7) is 1.75. The number of phenolic OH excluding ortho intramolecular Hbond substituents is 1. The summed E-state index contributed by atoms with van der Waals surface area (Å²) in [5.41, 5.74) is 1.60. The number of nitrogens with one attached hydrogen (secondary N) is 1. The highest BCUT2D eigenvalue weighted by molar-refractivity contribution is 9.10. The molecule has 0 atom stereocenters. The number of aromatic nitrogens is 1. The van der Waals surface area contributed by atoms with Crippen LogP contribution in [0.25, 0.3) is 11.1 Å². The molecule has 0 aliphatic carbocycles. The minimum Gasteiger partial charge on any atom is -0.507 e. The third-order valence-electron chi connectivity index (χ3n) is 2.54. The fourth-order valence-electron chi connectivity index (χ4n) is 1.70. The summed E-state index contributed by atoms with van der Waals surface area (Å²) >= 11 is 3.21. The van der Waals surface area contributed by atoms with Crippen molar-refractivity contribution in [3.05, 3.63) is 50.3 Å². The fourth-order valence-corrected chi connectivity index (χ4v) is 2.08. The van der Waals surface area contributed by atoms with Crippen molar-refractivity contribution in [2.45, 2.75) is 6.92 Å². The molecule has 0 aliphatic rings. The normalized spacial score (nSPS) is 10.1. The molecule has 0 aliphatic heterocycles. The van der Waals surface area contributed by atoms with Gasteiger partial charge in [-0.05, 0) is 46.6 Å². The van der Waals surface area contributed by atoms with Gasteiger partial charge < -0.3 is 10.1 Å². The first kappa shape index (κ1) is 12.4. The molecule has 0 spiro atoms. The maximum absolute atomic E-state index is 11.7. The molecule has 0 saturated carbocycles. The zero-order chi connectivity index (χ0) is 13.3. The van der Waals surface area contributed by atoms with E-state index < -0.39 is 5.56 Å². The van der Waals surface area contributed by atoms with Gasteiger partial charge in [0, 0.05) is 11.3 Å². The van der Waals surface area contributed by atoms with E-state index in [2.05, 4.69) is 20.9 Å². The van der Waals surface area contributed by atoms with Crippen molar-refractivity contribution < 1.29 is 5.11 Å². The second-order valence-corrected chi connectivity index (χ2v) is 4.70. The van der Waals surface area contributed by atoms with E-state index in [9.17, 15) is 9.90 Å². The van der Waals surface area contributed by atoms with Crippen LogP contribution in [0.4, 0.5) is 0 Å². The van der Waals surface area contributed by atoms with E-state index in [4.69, 9.17) is 5.26 Å². The zero-order valence-electron chi connectivity index (χ0n) is 9.49. The molecule has 5 heteroatoms. The molecule has 0 amide bonds. The first-order chi connectivity index (χ1) is 8.52. The Bertz CT molecular complexity index is 714. The van der Waals surface area contributed by atoms with Crippen LogP contribution >= 0.6 is 15.9 Å². The maximum Gasteiger partial charge on any atom is 0.266 e. The van der Waals surface area contributed by atoms with E-state index in [1.807, 2.05) is 6.07 Å². The molecule has 0 saturated heterocycles. The monoisotopic (exact) mass is 304 g/mol. The minimum absolute atomic E-state index is 0.0678. The SMILES string of the molecule is Cc1cc(-c2ccc(O)c(Br)c2)c(C#N)c(=O)[nH]1. The van der Waals surface area contributed by atoms with Crippen molar-refractivity contribution >= 4 is 15.9 Å². The van der Waals surface area contributed by atoms with E-state index in [1.165, 1.54) is 6.07 Å². The number of hydrogen-bond acceptors (Lipinski definition) is 3. The molecule has 1 aromatic heterocycles. The summed E-state index contributed by atoms with van der Waals surface area (Å²) in [4.78, 5) is 14.3. The van der Waals surface area contributed by atoms with Gasteiger partial charge in [-0.1, -0.05) is 6.07 Å². The third kappa shape index (κ3) is 2.15. The first-order valence-electron chi connectivity index (χ1n) is 5.16. The summed E-state index contributed by atoms with van der Waals surface area (Å²) in [7, 11) is 0. The van der Waals surface area contributed by atoms with E-state index in [1.54, 1.807) is 25.1 Å². The van der Waals surface area contributed by atoms with Gasteiger partial charge in [-0.2, -0.15) is 5.26 Å². The lowest BCUT2D eigenvalue weighted by Gasteiger charge is -2.06. The summed E-state index contributed by atoms with van der Waals surface area (Å²) < 4.78 is 0.516. The van der Waals surface area contributed by atoms with Crippen molar-refractivity contribution in [2.24, 2.45) is 0 Å². The van der Waals surface area contributed by atoms with Crippen LogP contribution in [0.2, 0.25) is 0 Å². The number of aromatic hydroxyl groups is 1. The van der Waals surface area contributed by atoms with E-state index in [0.29, 0.717) is 21.3 Å². The highest BCUT2D eigenvalue weighted by Crippen LogP contribution is 2.30. The standard InChI is InChI=1S/C13H9BrN2O2/c1-7-4-9(10(6-15)13(18)16-7)8-2-3-12(17)11(14)5-8/h2-5,17H,1H3,(H,16,18). The Morgan fingerprint density at radius 2 is 2.11 bits per heavy atom. The third-order valence-corrected chi connectivity index (χ3v) is 3.17. The first-order valence-corrected chi connectivity index (χ1v) is 5.95. The molecule has 1 heterocycles. The van der Waals surface area contributed by atoms with Gasteiger partial charge in [0.25, 0.3) is 5.56 Å². The van der Waals surface area contributed by atoms with Crippen molar-refractivity contribution in [3.63, 3.8) is 0 Å². The lowest BCUT2D eigenvalue weighted by molar-refractivity contribution is 0.472. The Morgan fingerprint density at radius 1 is 1.39 bits per heavy atom. The van der Waals surface area contributed by atoms with Crippen molar-refractivity contribution in [1.29, 1.82) is 5.26 Å². The number of phenols is 1. The highest BCUT2D eigenvalue weighted by atomic mass is 79.9. The smallest absolute Gasteiger partial charge is 0.266 e. The number of aromatic amines is 1. The number of benzene rings is 1. The molecule has 0 radical (unpaired) electrons. The molecular weight excluding hydrogens is 296 g/mol. The van der Waals surface area contributed by atoms with Gasteiger partial charge >= 0.3 is 0 Å². The minimum atomic E-state index is -0.406. The number of pyridine rings is 1. The van der Waals surface area contributed by atoms with Crippen LogP contribution < -0.4 is 5.56 Å². The molecule has 4 nitrogen and oxygen atoms in total. The molecule has 2 aromatic rings. The quantitative estimate of drug-likeness (QED) is 0.850. The topological polar surface area (TPSA) is 76.9 Å². The predicted molar refractivity (Wildman–Crippen MR) is 71.3 cm³/mol. The molecule has 2 rings (SSSR count). The van der Waals surface area contributed by atoms with Crippen LogP contribution in [0.3, 0.4) is 0 Å². The molecule has 0 fully saturated rings. The predicted octanol–water partition coefficient (Wildman–Crippen LogP) is 2.69. The van der Waals surface area contributed by atoms with Crippen LogP contribution in [0.1, 0.15) is 11.3 Å². The van der Waals surface area contributed by atoms with Crippen LogP contribution in [0.5, 0.6) is 5.75 Å². The number of H-pyrrole nitrogens is 1. The van der Waals surface area contributed by atoms with Gasteiger partial charge in [0.2, 0.25) is 0 Å². The number of rotatable bonds is 1. The van der Waals surface area contributed by atoms with Gasteiger partial charge in [0.15, 0.2) is 0 Å². The van der Waals surface area contributed by atoms with Crippen LogP contribution in [0.15, 0.2) is 33.5 Å². The Morgan fingerprint density at radius 3 is 2.72 bits per heavy atom. The van der Waals surface area contributed by atoms with Gasteiger partial charge in [-0.15, -0.1) is 0 Å². The maximum atomic E-state index is 11.7. The summed E-state index contributed by atoms with van der Waals surface area (Å²) in [6, 6.07) is 8.48. The van der Waals surface area contributed by atoms with Crippen molar-refractivity contribution in [1.82, 2.24) is 4.98 Å². The molecule has 1 aromatic carbocycles.